The maximum atomic E-state index is 13.2. The van der Waals surface area contributed by atoms with Crippen LogP contribution in [0.1, 0.15) is 44.2 Å². The van der Waals surface area contributed by atoms with Crippen LogP contribution in [0.2, 0.25) is 0 Å². The Hall–Kier alpha value is -2.05. The Bertz CT molecular complexity index is 557. The van der Waals surface area contributed by atoms with E-state index in [1.54, 1.807) is 6.92 Å². The number of aliphatic carboxylic acids is 1. The third-order valence-corrected chi connectivity index (χ3v) is 3.35. The summed E-state index contributed by atoms with van der Waals surface area (Å²) in [5.41, 5.74) is -3.59. The molecular weight excluding hydrogens is 299 g/mol. The number of hydrogen-bond acceptors (Lipinski definition) is 2. The Morgan fingerprint density at radius 1 is 1.18 bits per heavy atom. The zero-order chi connectivity index (χ0) is 17.0. The molecule has 0 saturated heterocycles. The van der Waals surface area contributed by atoms with Crippen LogP contribution in [0.5, 0.6) is 0 Å². The van der Waals surface area contributed by atoms with Crippen molar-refractivity contribution in [1.29, 1.82) is 0 Å². The highest BCUT2D eigenvalue weighted by Gasteiger charge is 2.46. The summed E-state index contributed by atoms with van der Waals surface area (Å²) in [5, 5.41) is 11.8. The lowest BCUT2D eigenvalue weighted by atomic mass is 9.81. The second kappa shape index (κ2) is 6.81. The van der Waals surface area contributed by atoms with Crippen molar-refractivity contribution in [3.05, 3.63) is 35.4 Å². The smallest absolute Gasteiger partial charge is 0.416 e. The summed E-state index contributed by atoms with van der Waals surface area (Å²) in [7, 11) is 0. The van der Waals surface area contributed by atoms with Gasteiger partial charge in [0.2, 0.25) is 5.91 Å². The molecule has 2 N–H and O–H groups in total. The fourth-order valence-electron chi connectivity index (χ4n) is 2.39. The molecule has 4 nitrogen and oxygen atoms in total. The van der Waals surface area contributed by atoms with Gasteiger partial charge in [-0.25, -0.2) is 4.79 Å². The highest BCUT2D eigenvalue weighted by Crippen LogP contribution is 2.39. The van der Waals surface area contributed by atoms with E-state index in [9.17, 15) is 27.9 Å². The normalized spacial score (nSPS) is 14.2. The molecule has 0 aromatic heterocycles. The first kappa shape index (κ1) is 18.0. The van der Waals surface area contributed by atoms with Crippen molar-refractivity contribution in [2.45, 2.75) is 44.8 Å². The lowest BCUT2D eigenvalue weighted by Crippen LogP contribution is -2.52. The summed E-state index contributed by atoms with van der Waals surface area (Å²) >= 11 is 0. The van der Waals surface area contributed by atoms with Crippen molar-refractivity contribution in [3.63, 3.8) is 0 Å². The Kier molecular flexibility index (Phi) is 5.57. The number of benzene rings is 1. The molecule has 0 bridgehead atoms. The minimum atomic E-state index is -4.71. The summed E-state index contributed by atoms with van der Waals surface area (Å²) in [5.74, 6) is -2.21. The van der Waals surface area contributed by atoms with Gasteiger partial charge in [0, 0.05) is 12.5 Å². The third kappa shape index (κ3) is 3.78. The first-order chi connectivity index (χ1) is 10.1. The molecule has 1 atom stereocenters. The van der Waals surface area contributed by atoms with Crippen LogP contribution in [0.25, 0.3) is 0 Å². The van der Waals surface area contributed by atoms with Gasteiger partial charge in [-0.05, 0) is 12.5 Å². The number of rotatable bonds is 6. The predicted molar refractivity (Wildman–Crippen MR) is 74.1 cm³/mol. The number of carbonyl (C=O) groups excluding carboxylic acids is 1. The number of nitrogens with one attached hydrogen (secondary N) is 1. The van der Waals surface area contributed by atoms with Crippen LogP contribution < -0.4 is 5.32 Å². The molecule has 0 aliphatic rings. The van der Waals surface area contributed by atoms with Crippen LogP contribution in [0.4, 0.5) is 13.2 Å². The fourth-order valence-corrected chi connectivity index (χ4v) is 2.39. The molecule has 0 fully saturated rings. The molecule has 0 aliphatic carbocycles. The van der Waals surface area contributed by atoms with Crippen LogP contribution >= 0.6 is 0 Å². The number of alkyl halides is 3. The summed E-state index contributed by atoms with van der Waals surface area (Å²) in [6.45, 7) is 2.87. The summed E-state index contributed by atoms with van der Waals surface area (Å²) in [6, 6.07) is 4.44. The van der Waals surface area contributed by atoms with E-state index in [1.807, 2.05) is 0 Å². The Morgan fingerprint density at radius 3 is 2.14 bits per heavy atom. The van der Waals surface area contributed by atoms with Crippen LogP contribution in [-0.2, 0) is 21.3 Å². The fraction of sp³-hybridized carbons (Fsp3) is 0.467. The maximum Gasteiger partial charge on any atom is 0.416 e. The van der Waals surface area contributed by atoms with E-state index in [0.29, 0.717) is 12.8 Å². The van der Waals surface area contributed by atoms with Crippen molar-refractivity contribution in [2.75, 3.05) is 0 Å². The monoisotopic (exact) mass is 317 g/mol. The average molecular weight is 317 g/mol. The second-order valence-electron chi connectivity index (χ2n) is 5.04. The van der Waals surface area contributed by atoms with Gasteiger partial charge in [-0.1, -0.05) is 38.0 Å². The van der Waals surface area contributed by atoms with E-state index in [1.165, 1.54) is 12.1 Å². The first-order valence-electron chi connectivity index (χ1n) is 6.84. The molecule has 1 rings (SSSR count). The quantitative estimate of drug-likeness (QED) is 0.846. The standard InChI is InChI=1S/C15H18F3NO3/c1-3-4-9-14(13(21)22,19-10(2)20)11-7-5-6-8-12(11)15(16,17)18/h5-8H,3-4,9H2,1-2H3,(H,19,20)(H,21,22). The number of unbranched alkanes of at least 4 members (excludes halogenated alkanes) is 1. The average Bonchev–Trinajstić information content (AvgIpc) is 2.42. The third-order valence-electron chi connectivity index (χ3n) is 3.35. The van der Waals surface area contributed by atoms with Crippen molar-refractivity contribution < 1.29 is 27.9 Å². The van der Waals surface area contributed by atoms with Gasteiger partial charge in [0.25, 0.3) is 0 Å². The number of amides is 1. The molecule has 7 heteroatoms. The zero-order valence-corrected chi connectivity index (χ0v) is 12.3. The van der Waals surface area contributed by atoms with E-state index in [4.69, 9.17) is 0 Å². The maximum absolute atomic E-state index is 13.2. The van der Waals surface area contributed by atoms with Crippen LogP contribution in [0.3, 0.4) is 0 Å². The van der Waals surface area contributed by atoms with Crippen molar-refractivity contribution >= 4 is 11.9 Å². The van der Waals surface area contributed by atoms with Gasteiger partial charge >= 0.3 is 12.1 Å². The van der Waals surface area contributed by atoms with E-state index < -0.39 is 34.7 Å². The van der Waals surface area contributed by atoms with E-state index in [2.05, 4.69) is 5.32 Å². The van der Waals surface area contributed by atoms with Gasteiger partial charge in [-0.3, -0.25) is 4.79 Å². The SMILES string of the molecule is CCCCC(NC(C)=O)(C(=O)O)c1ccccc1C(F)(F)F. The lowest BCUT2D eigenvalue weighted by Gasteiger charge is -2.32. The molecular formula is C15H18F3NO3. The topological polar surface area (TPSA) is 66.4 Å². The number of carboxylic acid groups (broad SMARTS) is 1. The van der Waals surface area contributed by atoms with Crippen LogP contribution in [0.15, 0.2) is 24.3 Å². The van der Waals surface area contributed by atoms with Gasteiger partial charge in [0.15, 0.2) is 5.54 Å². The predicted octanol–water partition coefficient (Wildman–Crippen LogP) is 3.31. The van der Waals surface area contributed by atoms with Gasteiger partial charge < -0.3 is 10.4 Å². The zero-order valence-electron chi connectivity index (χ0n) is 12.3. The van der Waals surface area contributed by atoms with Gasteiger partial charge in [-0.15, -0.1) is 0 Å². The van der Waals surface area contributed by atoms with Crippen LogP contribution in [-0.4, -0.2) is 17.0 Å². The molecule has 122 valence electrons. The number of hydrogen-bond donors (Lipinski definition) is 2. The van der Waals surface area contributed by atoms with Gasteiger partial charge in [0.05, 0.1) is 5.56 Å². The molecule has 1 aromatic carbocycles. The number of carboxylic acids is 1. The molecule has 22 heavy (non-hydrogen) atoms. The Balaban J connectivity index is 3.56. The highest BCUT2D eigenvalue weighted by atomic mass is 19.4. The highest BCUT2D eigenvalue weighted by molar-refractivity contribution is 5.87. The molecule has 0 spiro atoms. The second-order valence-corrected chi connectivity index (χ2v) is 5.04. The van der Waals surface area contributed by atoms with Crippen molar-refractivity contribution in [1.82, 2.24) is 5.32 Å². The molecule has 1 aromatic rings. The first-order valence-corrected chi connectivity index (χ1v) is 6.84. The van der Waals surface area contributed by atoms with E-state index in [0.717, 1.165) is 19.1 Å². The number of carbonyl (C=O) groups is 2. The largest absolute Gasteiger partial charge is 0.479 e. The summed E-state index contributed by atoms with van der Waals surface area (Å²) in [6.07, 6.45) is -3.88. The molecule has 1 amide bonds. The van der Waals surface area contributed by atoms with Crippen LogP contribution in [0, 0.1) is 0 Å². The van der Waals surface area contributed by atoms with Crippen molar-refractivity contribution in [2.24, 2.45) is 0 Å². The van der Waals surface area contributed by atoms with Gasteiger partial charge in [-0.2, -0.15) is 13.2 Å². The number of halogens is 3. The molecule has 0 aliphatic heterocycles. The minimum Gasteiger partial charge on any atom is -0.479 e. The molecule has 0 radical (unpaired) electrons. The molecule has 0 heterocycles. The summed E-state index contributed by atoms with van der Waals surface area (Å²) < 4.78 is 39.6. The van der Waals surface area contributed by atoms with E-state index >= 15 is 0 Å². The van der Waals surface area contributed by atoms with Crippen molar-refractivity contribution in [3.8, 4) is 0 Å². The summed E-state index contributed by atoms with van der Waals surface area (Å²) in [4.78, 5) is 23.2. The minimum absolute atomic E-state index is 0.120. The molecule has 1 unspecified atom stereocenters. The molecule has 0 saturated carbocycles. The van der Waals surface area contributed by atoms with E-state index in [-0.39, 0.29) is 6.42 Å². The Morgan fingerprint density at radius 2 is 1.73 bits per heavy atom. The van der Waals surface area contributed by atoms with Gasteiger partial charge in [0.1, 0.15) is 0 Å². The lowest BCUT2D eigenvalue weighted by molar-refractivity contribution is -0.150. The Labute approximate surface area is 126 Å².